The number of pyridine rings is 1. The van der Waals surface area contributed by atoms with Gasteiger partial charge in [0.1, 0.15) is 4.60 Å². The van der Waals surface area contributed by atoms with Gasteiger partial charge >= 0.3 is 0 Å². The topological polar surface area (TPSA) is 37.3 Å². The van der Waals surface area contributed by atoms with Gasteiger partial charge in [0.15, 0.2) is 0 Å². The predicted octanol–water partition coefficient (Wildman–Crippen LogP) is 5.48. The molecule has 1 aliphatic rings. The second-order valence-corrected chi connectivity index (χ2v) is 5.86. The number of rotatable bonds is 4. The Hall–Kier alpha value is -0.970. The van der Waals surface area contributed by atoms with E-state index in [1.165, 1.54) is 0 Å². The molecule has 1 saturated heterocycles. The summed E-state index contributed by atoms with van der Waals surface area (Å²) in [6, 6.07) is 4.02. The molecule has 2 atom stereocenters. The number of piperidine rings is 1. The average molecular weight is 385 g/mol. The lowest BCUT2D eigenvalue weighted by Crippen LogP contribution is -2.42. The first-order valence-electron chi connectivity index (χ1n) is 7.54. The number of nitrogens with one attached hydrogen (secondary N) is 1. The van der Waals surface area contributed by atoms with Gasteiger partial charge in [-0.3, -0.25) is 4.99 Å². The molecule has 0 amide bonds. The molecule has 0 bridgehead atoms. The van der Waals surface area contributed by atoms with Gasteiger partial charge in [-0.2, -0.15) is 0 Å². The Morgan fingerprint density at radius 3 is 2.77 bits per heavy atom. The van der Waals surface area contributed by atoms with Crippen LogP contribution in [0.25, 0.3) is 0 Å². The van der Waals surface area contributed by atoms with Gasteiger partial charge in [0.05, 0.1) is 22.5 Å². The van der Waals surface area contributed by atoms with Crippen LogP contribution in [-0.4, -0.2) is 16.7 Å². The van der Waals surface area contributed by atoms with E-state index in [9.17, 15) is 0 Å². The van der Waals surface area contributed by atoms with Gasteiger partial charge in [-0.15, -0.1) is 0 Å². The van der Waals surface area contributed by atoms with Crippen molar-refractivity contribution in [1.29, 1.82) is 0 Å². The fourth-order valence-corrected chi connectivity index (χ4v) is 3.01. The van der Waals surface area contributed by atoms with Crippen LogP contribution in [-0.2, 0) is 0 Å². The molecular weight excluding hydrogens is 362 g/mol. The highest BCUT2D eigenvalue weighted by molar-refractivity contribution is 9.10. The van der Waals surface area contributed by atoms with Gasteiger partial charge in [-0.1, -0.05) is 38.6 Å². The Labute approximate surface area is 146 Å². The third kappa shape index (κ3) is 5.04. The van der Waals surface area contributed by atoms with Gasteiger partial charge in [-0.25, -0.2) is 4.98 Å². The first-order valence-corrected chi connectivity index (χ1v) is 8.71. The van der Waals surface area contributed by atoms with Crippen LogP contribution in [0.1, 0.15) is 44.8 Å². The molecule has 0 saturated carbocycles. The van der Waals surface area contributed by atoms with Gasteiger partial charge in [0, 0.05) is 12.2 Å². The standard InChI is InChI=1S/C15H17BrClN3.C2H6/c1-3-11(18-4-2)12-6-5-7-13(19-12)15-10(17)8-9-14(16)20-15;1-2/h3-4,8-9,12-13,19H,1-2,5-7H2;1-2H3. The summed E-state index contributed by atoms with van der Waals surface area (Å²) in [6.07, 6.45) is 6.46. The van der Waals surface area contributed by atoms with Gasteiger partial charge < -0.3 is 5.32 Å². The fraction of sp³-hybridized carbons (Fsp3) is 0.412. The Balaban J connectivity index is 0.00000116. The van der Waals surface area contributed by atoms with E-state index < -0.39 is 0 Å². The third-order valence-electron chi connectivity index (χ3n) is 3.36. The number of aromatic nitrogens is 1. The monoisotopic (exact) mass is 383 g/mol. The largest absolute Gasteiger partial charge is 0.300 e. The van der Waals surface area contributed by atoms with E-state index in [1.807, 2.05) is 26.0 Å². The van der Waals surface area contributed by atoms with Crippen LogP contribution in [0.5, 0.6) is 0 Å². The molecule has 2 unspecified atom stereocenters. The Morgan fingerprint density at radius 2 is 2.14 bits per heavy atom. The molecule has 22 heavy (non-hydrogen) atoms. The van der Waals surface area contributed by atoms with E-state index >= 15 is 0 Å². The van der Waals surface area contributed by atoms with Crippen molar-refractivity contribution < 1.29 is 0 Å². The average Bonchev–Trinajstić information content (AvgIpc) is 2.57. The molecular formula is C17H23BrClN3. The van der Waals surface area contributed by atoms with E-state index in [0.29, 0.717) is 5.02 Å². The molecule has 0 spiro atoms. The molecule has 1 aromatic heterocycles. The van der Waals surface area contributed by atoms with Gasteiger partial charge in [0.2, 0.25) is 0 Å². The van der Waals surface area contributed by atoms with Crippen molar-refractivity contribution in [3.05, 3.63) is 52.9 Å². The van der Waals surface area contributed by atoms with E-state index in [2.05, 4.69) is 44.4 Å². The Bertz CT molecular complexity index is 543. The Kier molecular flexibility index (Phi) is 8.61. The van der Waals surface area contributed by atoms with Crippen molar-refractivity contribution in [2.24, 2.45) is 4.99 Å². The van der Waals surface area contributed by atoms with E-state index in [0.717, 1.165) is 35.3 Å². The summed E-state index contributed by atoms with van der Waals surface area (Å²) in [5, 5.41) is 4.24. The molecule has 1 aliphatic heterocycles. The molecule has 0 aromatic carbocycles. The molecule has 1 N–H and O–H groups in total. The second-order valence-electron chi connectivity index (χ2n) is 4.64. The number of hydrogen-bond acceptors (Lipinski definition) is 3. The summed E-state index contributed by atoms with van der Waals surface area (Å²) < 4.78 is 0.796. The highest BCUT2D eigenvalue weighted by Crippen LogP contribution is 2.30. The highest BCUT2D eigenvalue weighted by atomic mass is 79.9. The van der Waals surface area contributed by atoms with Crippen LogP contribution in [0.2, 0.25) is 5.02 Å². The minimum Gasteiger partial charge on any atom is -0.300 e. The SMILES string of the molecule is C=CN=C(C=C)C1CCCC(c2nc(Br)ccc2Cl)N1.CC. The molecule has 2 heterocycles. The second kappa shape index (κ2) is 9.93. The first-order chi connectivity index (χ1) is 10.7. The number of aliphatic imine (C=N–C) groups is 1. The third-order valence-corrected chi connectivity index (χ3v) is 4.12. The minimum absolute atomic E-state index is 0.133. The smallest absolute Gasteiger partial charge is 0.106 e. The van der Waals surface area contributed by atoms with E-state index in [4.69, 9.17) is 11.6 Å². The Morgan fingerprint density at radius 1 is 1.41 bits per heavy atom. The van der Waals surface area contributed by atoms with Crippen LogP contribution in [0.3, 0.4) is 0 Å². The van der Waals surface area contributed by atoms with Crippen LogP contribution in [0.4, 0.5) is 0 Å². The normalized spacial score (nSPS) is 21.5. The number of halogens is 2. The molecule has 3 nitrogen and oxygen atoms in total. The van der Waals surface area contributed by atoms with Crippen molar-refractivity contribution in [3.8, 4) is 0 Å². The lowest BCUT2D eigenvalue weighted by molar-refractivity contribution is 0.370. The first kappa shape index (κ1) is 19.1. The summed E-state index contributed by atoms with van der Waals surface area (Å²) in [5.41, 5.74) is 1.79. The van der Waals surface area contributed by atoms with Gasteiger partial charge in [0.25, 0.3) is 0 Å². The minimum atomic E-state index is 0.133. The predicted molar refractivity (Wildman–Crippen MR) is 99.6 cm³/mol. The zero-order valence-corrected chi connectivity index (χ0v) is 15.5. The molecule has 5 heteroatoms. The van der Waals surface area contributed by atoms with Crippen LogP contribution in [0.15, 0.2) is 47.2 Å². The number of hydrogen-bond donors (Lipinski definition) is 1. The molecule has 120 valence electrons. The summed E-state index contributed by atoms with van der Waals surface area (Å²) in [6.45, 7) is 11.5. The van der Waals surface area contributed by atoms with Crippen molar-refractivity contribution in [2.75, 3.05) is 0 Å². The lowest BCUT2D eigenvalue weighted by Gasteiger charge is -2.31. The molecule has 2 rings (SSSR count). The van der Waals surface area contributed by atoms with Crippen molar-refractivity contribution in [3.63, 3.8) is 0 Å². The fourth-order valence-electron chi connectivity index (χ4n) is 2.45. The van der Waals surface area contributed by atoms with Crippen molar-refractivity contribution >= 4 is 33.2 Å². The van der Waals surface area contributed by atoms with Crippen LogP contribution >= 0.6 is 27.5 Å². The molecule has 1 aromatic rings. The quantitative estimate of drug-likeness (QED) is 0.551. The summed E-state index contributed by atoms with van der Waals surface area (Å²) in [4.78, 5) is 8.77. The van der Waals surface area contributed by atoms with Crippen molar-refractivity contribution in [2.45, 2.75) is 45.2 Å². The maximum atomic E-state index is 6.26. The molecule has 0 aliphatic carbocycles. The van der Waals surface area contributed by atoms with E-state index in [-0.39, 0.29) is 12.1 Å². The van der Waals surface area contributed by atoms with Crippen LogP contribution < -0.4 is 5.32 Å². The zero-order chi connectivity index (χ0) is 16.5. The molecule has 1 fully saturated rings. The molecule has 0 radical (unpaired) electrons. The highest BCUT2D eigenvalue weighted by Gasteiger charge is 2.26. The van der Waals surface area contributed by atoms with Gasteiger partial charge in [-0.05, 0) is 53.4 Å². The van der Waals surface area contributed by atoms with Crippen LogP contribution in [0, 0.1) is 0 Å². The lowest BCUT2D eigenvalue weighted by atomic mass is 9.93. The maximum absolute atomic E-state index is 6.26. The maximum Gasteiger partial charge on any atom is 0.106 e. The van der Waals surface area contributed by atoms with E-state index in [1.54, 1.807) is 12.3 Å². The van der Waals surface area contributed by atoms with Crippen molar-refractivity contribution in [1.82, 2.24) is 10.3 Å². The number of nitrogens with zero attached hydrogens (tertiary/aromatic N) is 2. The summed E-state index contributed by atoms with van der Waals surface area (Å²) in [5.74, 6) is 0. The zero-order valence-electron chi connectivity index (χ0n) is 13.1. The summed E-state index contributed by atoms with van der Waals surface area (Å²) >= 11 is 9.66. The summed E-state index contributed by atoms with van der Waals surface area (Å²) in [7, 11) is 0.